The summed E-state index contributed by atoms with van der Waals surface area (Å²) in [6.07, 6.45) is 3.87. The van der Waals surface area contributed by atoms with Crippen molar-refractivity contribution >= 4 is 23.7 Å². The zero-order chi connectivity index (χ0) is 24.0. The van der Waals surface area contributed by atoms with Gasteiger partial charge in [0.15, 0.2) is 0 Å². The Labute approximate surface area is 195 Å². The maximum Gasteiger partial charge on any atom is 0.331 e. The Balaban J connectivity index is 2.00. The van der Waals surface area contributed by atoms with Crippen LogP contribution in [0.2, 0.25) is 0 Å². The topological polar surface area (TPSA) is 76.1 Å². The van der Waals surface area contributed by atoms with E-state index in [1.807, 2.05) is 56.3 Å². The molecule has 0 aliphatic carbocycles. The van der Waals surface area contributed by atoms with E-state index in [1.54, 1.807) is 6.08 Å². The van der Waals surface area contributed by atoms with E-state index in [0.29, 0.717) is 38.1 Å². The molecule has 0 amide bonds. The minimum absolute atomic E-state index is 0.269. The fourth-order valence-electron chi connectivity index (χ4n) is 4.09. The third kappa shape index (κ3) is 5.95. The zero-order valence-corrected chi connectivity index (χ0v) is 19.9. The molecule has 2 aromatic carbocycles. The number of carboxylic acid groups (broad SMARTS) is 1. The van der Waals surface area contributed by atoms with Crippen LogP contribution in [0.4, 0.5) is 5.69 Å². The number of rotatable bonds is 8. The lowest BCUT2D eigenvalue weighted by molar-refractivity contribution is -0.150. The van der Waals surface area contributed by atoms with Gasteiger partial charge in [-0.25, -0.2) is 4.79 Å². The summed E-state index contributed by atoms with van der Waals surface area (Å²) in [7, 11) is 1.40. The van der Waals surface area contributed by atoms with Gasteiger partial charge in [-0.15, -0.1) is 0 Å². The number of hydrogen-bond acceptors (Lipinski definition) is 5. The molecule has 0 radical (unpaired) electrons. The smallest absolute Gasteiger partial charge is 0.331 e. The second-order valence-corrected chi connectivity index (χ2v) is 9.02. The van der Waals surface area contributed by atoms with E-state index in [1.165, 1.54) is 7.11 Å². The molecule has 0 spiro atoms. The second-order valence-electron chi connectivity index (χ2n) is 9.02. The molecular formula is C27H33NO5. The third-order valence-electron chi connectivity index (χ3n) is 5.83. The Morgan fingerprint density at radius 3 is 2.42 bits per heavy atom. The highest BCUT2D eigenvalue weighted by molar-refractivity contribution is 5.94. The van der Waals surface area contributed by atoms with Crippen LogP contribution in [0.5, 0.6) is 5.75 Å². The van der Waals surface area contributed by atoms with Gasteiger partial charge in [0.25, 0.3) is 0 Å². The van der Waals surface area contributed by atoms with E-state index in [-0.39, 0.29) is 5.97 Å². The first-order chi connectivity index (χ1) is 15.7. The minimum Gasteiger partial charge on any atom is -0.494 e. The number of hydrogen-bond donors (Lipinski definition) is 1. The summed E-state index contributed by atoms with van der Waals surface area (Å²) >= 11 is 0. The molecule has 2 aromatic rings. The molecule has 0 saturated carbocycles. The number of carbonyl (C=O) groups excluding carboxylic acids is 1. The largest absolute Gasteiger partial charge is 0.494 e. The number of esters is 1. The highest BCUT2D eigenvalue weighted by Gasteiger charge is 2.32. The van der Waals surface area contributed by atoms with Gasteiger partial charge in [0.05, 0.1) is 19.1 Å². The predicted molar refractivity (Wildman–Crippen MR) is 131 cm³/mol. The highest BCUT2D eigenvalue weighted by atomic mass is 16.5. The molecule has 1 heterocycles. The molecule has 6 heteroatoms. The molecule has 0 bridgehead atoms. The van der Waals surface area contributed by atoms with Crippen LogP contribution in [0.25, 0.3) is 17.2 Å². The van der Waals surface area contributed by atoms with Gasteiger partial charge < -0.3 is 19.5 Å². The highest BCUT2D eigenvalue weighted by Crippen LogP contribution is 2.34. The van der Waals surface area contributed by atoms with Gasteiger partial charge in [-0.1, -0.05) is 25.1 Å². The summed E-state index contributed by atoms with van der Waals surface area (Å²) < 4.78 is 10.7. The van der Waals surface area contributed by atoms with Crippen molar-refractivity contribution in [2.75, 3.05) is 31.7 Å². The first kappa shape index (κ1) is 24.4. The molecule has 1 aliphatic rings. The SMILES string of the molecule is CCCOc1ccc(-c2ccc3c(c2)C=C(C(=O)O)CCCN3CC(C)(C)C(=O)OC)cc1. The summed E-state index contributed by atoms with van der Waals surface area (Å²) in [6, 6.07) is 14.0. The number of anilines is 1. The number of ether oxygens (including phenoxy) is 2. The molecule has 1 N–H and O–H groups in total. The summed E-state index contributed by atoms with van der Waals surface area (Å²) in [5, 5.41) is 9.67. The second kappa shape index (κ2) is 10.6. The van der Waals surface area contributed by atoms with Crippen LogP contribution in [0.1, 0.15) is 45.6 Å². The lowest BCUT2D eigenvalue weighted by Crippen LogP contribution is -2.41. The molecule has 6 nitrogen and oxygen atoms in total. The van der Waals surface area contributed by atoms with Gasteiger partial charge >= 0.3 is 11.9 Å². The molecule has 0 aromatic heterocycles. The van der Waals surface area contributed by atoms with Crippen LogP contribution in [0.15, 0.2) is 48.0 Å². The number of methoxy groups -OCH3 is 1. The van der Waals surface area contributed by atoms with Crippen LogP contribution >= 0.6 is 0 Å². The van der Waals surface area contributed by atoms with E-state index >= 15 is 0 Å². The van der Waals surface area contributed by atoms with Crippen molar-refractivity contribution in [1.82, 2.24) is 0 Å². The number of benzene rings is 2. The van der Waals surface area contributed by atoms with E-state index in [4.69, 9.17) is 9.47 Å². The van der Waals surface area contributed by atoms with E-state index in [0.717, 1.165) is 34.5 Å². The lowest BCUT2D eigenvalue weighted by Gasteiger charge is -2.34. The van der Waals surface area contributed by atoms with E-state index in [2.05, 4.69) is 11.8 Å². The molecule has 0 fully saturated rings. The first-order valence-electron chi connectivity index (χ1n) is 11.4. The van der Waals surface area contributed by atoms with Gasteiger partial charge in [0.2, 0.25) is 0 Å². The molecule has 0 unspecified atom stereocenters. The summed E-state index contributed by atoms with van der Waals surface area (Å²) in [4.78, 5) is 26.2. The number of carboxylic acids is 1. The van der Waals surface area contributed by atoms with Gasteiger partial charge in [-0.3, -0.25) is 4.79 Å². The van der Waals surface area contributed by atoms with Crippen molar-refractivity contribution in [3.63, 3.8) is 0 Å². The molecule has 1 aliphatic heterocycles. The molecular weight excluding hydrogens is 418 g/mol. The zero-order valence-electron chi connectivity index (χ0n) is 19.9. The monoisotopic (exact) mass is 451 g/mol. The van der Waals surface area contributed by atoms with Crippen LogP contribution in [-0.4, -0.2) is 43.9 Å². The van der Waals surface area contributed by atoms with Crippen LogP contribution in [0.3, 0.4) is 0 Å². The van der Waals surface area contributed by atoms with Crippen molar-refractivity contribution in [3.8, 4) is 16.9 Å². The lowest BCUT2D eigenvalue weighted by atomic mass is 9.91. The Morgan fingerprint density at radius 2 is 1.79 bits per heavy atom. The summed E-state index contributed by atoms with van der Waals surface area (Å²) in [5.74, 6) is -0.335. The van der Waals surface area contributed by atoms with Gasteiger partial charge in [-0.2, -0.15) is 0 Å². The molecule has 0 atom stereocenters. The number of carbonyl (C=O) groups is 2. The maximum atomic E-state index is 12.3. The van der Waals surface area contributed by atoms with Crippen molar-refractivity contribution < 1.29 is 24.2 Å². The van der Waals surface area contributed by atoms with Gasteiger partial charge in [0.1, 0.15) is 5.75 Å². The Kier molecular flexibility index (Phi) is 7.79. The number of aliphatic carboxylic acids is 1. The molecule has 176 valence electrons. The van der Waals surface area contributed by atoms with E-state index in [9.17, 15) is 14.7 Å². The average molecular weight is 452 g/mol. The maximum absolute atomic E-state index is 12.3. The normalized spacial score (nSPS) is 13.9. The fourth-order valence-corrected chi connectivity index (χ4v) is 4.09. The van der Waals surface area contributed by atoms with Crippen molar-refractivity contribution in [2.24, 2.45) is 5.41 Å². The van der Waals surface area contributed by atoms with Crippen molar-refractivity contribution in [3.05, 3.63) is 53.6 Å². The Morgan fingerprint density at radius 1 is 1.09 bits per heavy atom. The number of fused-ring (bicyclic) bond motifs is 1. The Bertz CT molecular complexity index is 1020. The van der Waals surface area contributed by atoms with Crippen molar-refractivity contribution in [1.29, 1.82) is 0 Å². The number of nitrogens with zero attached hydrogens (tertiary/aromatic N) is 1. The van der Waals surface area contributed by atoms with Crippen LogP contribution < -0.4 is 9.64 Å². The fraction of sp³-hybridized carbons (Fsp3) is 0.407. The molecule has 0 saturated heterocycles. The quantitative estimate of drug-likeness (QED) is 0.541. The third-order valence-corrected chi connectivity index (χ3v) is 5.83. The van der Waals surface area contributed by atoms with Crippen LogP contribution in [0, 0.1) is 5.41 Å². The molecule has 33 heavy (non-hydrogen) atoms. The average Bonchev–Trinajstić information content (AvgIpc) is 2.79. The van der Waals surface area contributed by atoms with Gasteiger partial charge in [-0.05, 0) is 80.1 Å². The van der Waals surface area contributed by atoms with Crippen LogP contribution in [-0.2, 0) is 14.3 Å². The minimum atomic E-state index is -0.896. The van der Waals surface area contributed by atoms with E-state index < -0.39 is 11.4 Å². The Hall–Kier alpha value is -3.28. The predicted octanol–water partition coefficient (Wildman–Crippen LogP) is 5.41. The summed E-state index contributed by atoms with van der Waals surface area (Å²) in [6.45, 7) is 7.62. The summed E-state index contributed by atoms with van der Waals surface area (Å²) in [5.41, 5.74) is 3.45. The first-order valence-corrected chi connectivity index (χ1v) is 11.4. The van der Waals surface area contributed by atoms with Gasteiger partial charge in [0, 0.05) is 24.4 Å². The van der Waals surface area contributed by atoms with Crippen molar-refractivity contribution in [2.45, 2.75) is 40.0 Å². The molecule has 3 rings (SSSR count). The standard InChI is InChI=1S/C27H33NO5/c1-5-15-33-23-11-8-19(9-12-23)20-10-13-24-22(16-20)17-21(25(29)30)7-6-14-28(24)18-27(2,3)26(31)32-4/h8-13,16-17H,5-7,14-15,18H2,1-4H3,(H,29,30).